The second-order valence-electron chi connectivity index (χ2n) is 6.80. The lowest BCUT2D eigenvalue weighted by Gasteiger charge is -2.45. The third-order valence-corrected chi connectivity index (χ3v) is 5.39. The Bertz CT molecular complexity index is 420. The molecule has 0 saturated heterocycles. The number of ether oxygens (including phenoxy) is 1. The van der Waals surface area contributed by atoms with Crippen molar-refractivity contribution in [2.45, 2.75) is 70.3 Å². The Morgan fingerprint density at radius 1 is 1.00 bits per heavy atom. The van der Waals surface area contributed by atoms with Crippen LogP contribution in [0.25, 0.3) is 0 Å². The first-order chi connectivity index (χ1) is 10.7. The predicted octanol–water partition coefficient (Wildman–Crippen LogP) is 5.37. The SMILES string of the molecule is CCCCCCN(C)C1(c2ccc(OC)cc2)CCCCC1. The first kappa shape index (κ1) is 17.3. The molecule has 124 valence electrons. The summed E-state index contributed by atoms with van der Waals surface area (Å²) in [6, 6.07) is 8.81. The topological polar surface area (TPSA) is 12.5 Å². The zero-order valence-corrected chi connectivity index (χ0v) is 14.7. The average molecular weight is 303 g/mol. The number of rotatable bonds is 8. The second kappa shape index (κ2) is 8.57. The number of methoxy groups -OCH3 is 1. The number of unbranched alkanes of at least 4 members (excludes halogenated alkanes) is 3. The van der Waals surface area contributed by atoms with Crippen LogP contribution in [0.5, 0.6) is 5.75 Å². The normalized spacial score (nSPS) is 17.6. The molecule has 0 aliphatic heterocycles. The lowest BCUT2D eigenvalue weighted by Crippen LogP contribution is -2.45. The number of nitrogens with zero attached hydrogens (tertiary/aromatic N) is 1. The summed E-state index contributed by atoms with van der Waals surface area (Å²) in [6.45, 7) is 3.50. The van der Waals surface area contributed by atoms with Crippen LogP contribution in [-0.2, 0) is 5.54 Å². The van der Waals surface area contributed by atoms with Gasteiger partial charge in [-0.2, -0.15) is 0 Å². The lowest BCUT2D eigenvalue weighted by atomic mass is 9.75. The van der Waals surface area contributed by atoms with Crippen molar-refractivity contribution in [3.05, 3.63) is 29.8 Å². The number of hydrogen-bond donors (Lipinski definition) is 0. The minimum absolute atomic E-state index is 0.247. The van der Waals surface area contributed by atoms with Gasteiger partial charge < -0.3 is 4.74 Å². The van der Waals surface area contributed by atoms with Crippen LogP contribution in [-0.4, -0.2) is 25.6 Å². The summed E-state index contributed by atoms with van der Waals surface area (Å²) in [4.78, 5) is 2.64. The first-order valence-electron chi connectivity index (χ1n) is 9.09. The Morgan fingerprint density at radius 3 is 2.27 bits per heavy atom. The zero-order valence-electron chi connectivity index (χ0n) is 14.7. The summed E-state index contributed by atoms with van der Waals surface area (Å²) in [5, 5.41) is 0. The van der Waals surface area contributed by atoms with Gasteiger partial charge >= 0.3 is 0 Å². The highest BCUT2D eigenvalue weighted by Crippen LogP contribution is 2.42. The lowest BCUT2D eigenvalue weighted by molar-refractivity contribution is 0.0707. The van der Waals surface area contributed by atoms with E-state index in [2.05, 4.69) is 43.1 Å². The molecule has 0 heterocycles. The van der Waals surface area contributed by atoms with Crippen molar-refractivity contribution in [1.82, 2.24) is 4.90 Å². The van der Waals surface area contributed by atoms with Crippen molar-refractivity contribution in [2.75, 3.05) is 20.7 Å². The van der Waals surface area contributed by atoms with Gasteiger partial charge in [-0.05, 0) is 50.6 Å². The van der Waals surface area contributed by atoms with E-state index in [0.29, 0.717) is 0 Å². The molecule has 2 nitrogen and oxygen atoms in total. The fourth-order valence-electron chi connectivity index (χ4n) is 3.92. The molecule has 0 unspecified atom stereocenters. The molecule has 1 saturated carbocycles. The molecule has 0 spiro atoms. The van der Waals surface area contributed by atoms with Crippen molar-refractivity contribution in [2.24, 2.45) is 0 Å². The van der Waals surface area contributed by atoms with E-state index >= 15 is 0 Å². The van der Waals surface area contributed by atoms with Gasteiger partial charge in [-0.25, -0.2) is 0 Å². The molecular weight excluding hydrogens is 270 g/mol. The number of hydrogen-bond acceptors (Lipinski definition) is 2. The number of benzene rings is 1. The van der Waals surface area contributed by atoms with Gasteiger partial charge in [0.25, 0.3) is 0 Å². The molecule has 22 heavy (non-hydrogen) atoms. The van der Waals surface area contributed by atoms with Gasteiger partial charge in [0, 0.05) is 5.54 Å². The van der Waals surface area contributed by atoms with Crippen LogP contribution in [0.15, 0.2) is 24.3 Å². The largest absolute Gasteiger partial charge is 0.497 e. The van der Waals surface area contributed by atoms with E-state index in [-0.39, 0.29) is 5.54 Å². The zero-order chi connectivity index (χ0) is 15.8. The predicted molar refractivity (Wildman–Crippen MR) is 94.5 cm³/mol. The molecule has 1 aromatic carbocycles. The van der Waals surface area contributed by atoms with Gasteiger partial charge in [-0.15, -0.1) is 0 Å². The Balaban J connectivity index is 2.11. The van der Waals surface area contributed by atoms with E-state index in [0.717, 1.165) is 5.75 Å². The molecule has 0 bridgehead atoms. The molecule has 1 fully saturated rings. The van der Waals surface area contributed by atoms with Crippen LogP contribution >= 0.6 is 0 Å². The van der Waals surface area contributed by atoms with Crippen molar-refractivity contribution in [3.8, 4) is 5.75 Å². The summed E-state index contributed by atoms with van der Waals surface area (Å²) in [5.41, 5.74) is 1.72. The van der Waals surface area contributed by atoms with Crippen molar-refractivity contribution < 1.29 is 4.74 Å². The highest BCUT2D eigenvalue weighted by molar-refractivity contribution is 5.32. The van der Waals surface area contributed by atoms with E-state index in [1.807, 2.05) is 0 Å². The minimum atomic E-state index is 0.247. The quantitative estimate of drug-likeness (QED) is 0.599. The summed E-state index contributed by atoms with van der Waals surface area (Å²) in [5.74, 6) is 0.959. The summed E-state index contributed by atoms with van der Waals surface area (Å²) in [6.07, 6.45) is 12.0. The van der Waals surface area contributed by atoms with E-state index in [1.165, 1.54) is 69.9 Å². The molecular formula is C20H33NO. The maximum absolute atomic E-state index is 5.33. The molecule has 0 radical (unpaired) electrons. The van der Waals surface area contributed by atoms with Gasteiger partial charge in [0.2, 0.25) is 0 Å². The molecule has 0 N–H and O–H groups in total. The Morgan fingerprint density at radius 2 is 1.68 bits per heavy atom. The highest BCUT2D eigenvalue weighted by atomic mass is 16.5. The van der Waals surface area contributed by atoms with Crippen molar-refractivity contribution in [1.29, 1.82) is 0 Å². The van der Waals surface area contributed by atoms with Gasteiger partial charge in [0.1, 0.15) is 5.75 Å². The molecule has 0 aromatic heterocycles. The van der Waals surface area contributed by atoms with Gasteiger partial charge in [-0.3, -0.25) is 4.90 Å². The molecule has 2 rings (SSSR count). The Kier molecular flexibility index (Phi) is 6.75. The molecule has 0 amide bonds. The van der Waals surface area contributed by atoms with Crippen LogP contribution in [0.2, 0.25) is 0 Å². The van der Waals surface area contributed by atoms with Crippen LogP contribution < -0.4 is 4.74 Å². The van der Waals surface area contributed by atoms with E-state index in [1.54, 1.807) is 7.11 Å². The van der Waals surface area contributed by atoms with Gasteiger partial charge in [-0.1, -0.05) is 57.6 Å². The van der Waals surface area contributed by atoms with E-state index in [9.17, 15) is 0 Å². The fourth-order valence-corrected chi connectivity index (χ4v) is 3.92. The summed E-state index contributed by atoms with van der Waals surface area (Å²) < 4.78 is 5.33. The maximum Gasteiger partial charge on any atom is 0.118 e. The maximum atomic E-state index is 5.33. The minimum Gasteiger partial charge on any atom is -0.497 e. The third kappa shape index (κ3) is 4.04. The smallest absolute Gasteiger partial charge is 0.118 e. The van der Waals surface area contributed by atoms with Crippen LogP contribution in [0.4, 0.5) is 0 Å². The van der Waals surface area contributed by atoms with E-state index in [4.69, 9.17) is 4.74 Å². The van der Waals surface area contributed by atoms with Crippen molar-refractivity contribution in [3.63, 3.8) is 0 Å². The highest BCUT2D eigenvalue weighted by Gasteiger charge is 2.37. The van der Waals surface area contributed by atoms with Crippen LogP contribution in [0, 0.1) is 0 Å². The third-order valence-electron chi connectivity index (χ3n) is 5.39. The molecule has 1 aliphatic carbocycles. The van der Waals surface area contributed by atoms with Gasteiger partial charge in [0.05, 0.1) is 7.11 Å². The summed E-state index contributed by atoms with van der Waals surface area (Å²) >= 11 is 0. The van der Waals surface area contributed by atoms with Crippen molar-refractivity contribution >= 4 is 0 Å². The van der Waals surface area contributed by atoms with Crippen LogP contribution in [0.3, 0.4) is 0 Å². The molecule has 1 aromatic rings. The monoisotopic (exact) mass is 303 g/mol. The standard InChI is InChI=1S/C20H33NO/c1-4-5-6-10-17-21(2)20(15-8-7-9-16-20)18-11-13-19(22-3)14-12-18/h11-14H,4-10,15-17H2,1-3H3. The van der Waals surface area contributed by atoms with E-state index < -0.39 is 0 Å². The fraction of sp³-hybridized carbons (Fsp3) is 0.700. The first-order valence-corrected chi connectivity index (χ1v) is 9.09. The van der Waals surface area contributed by atoms with Crippen LogP contribution in [0.1, 0.15) is 70.3 Å². The summed E-state index contributed by atoms with van der Waals surface area (Å²) in [7, 11) is 4.08. The Labute approximate surface area is 136 Å². The molecule has 0 atom stereocenters. The molecule has 1 aliphatic rings. The average Bonchev–Trinajstić information content (AvgIpc) is 2.59. The second-order valence-corrected chi connectivity index (χ2v) is 6.80. The van der Waals surface area contributed by atoms with Gasteiger partial charge in [0.15, 0.2) is 0 Å². The molecule has 2 heteroatoms. The Hall–Kier alpha value is -1.02.